The molecule has 1 saturated carbocycles. The molecular weight excluding hydrogens is 283 g/mol. The Hall–Kier alpha value is -2.21. The molecule has 0 bridgehead atoms. The summed E-state index contributed by atoms with van der Waals surface area (Å²) in [6.45, 7) is 3.02. The lowest BCUT2D eigenvalue weighted by atomic mass is 10.3. The van der Waals surface area contributed by atoms with Crippen LogP contribution in [-0.2, 0) is 4.79 Å². The Kier molecular flexibility index (Phi) is 4.20. The third-order valence-corrected chi connectivity index (χ3v) is 3.59. The predicted octanol–water partition coefficient (Wildman–Crippen LogP) is 2.26. The van der Waals surface area contributed by atoms with E-state index in [0.717, 1.165) is 18.2 Å². The lowest BCUT2D eigenvalue weighted by molar-refractivity contribution is -0.115. The molecule has 1 aromatic carbocycles. The van der Waals surface area contributed by atoms with Crippen molar-refractivity contribution in [2.24, 2.45) is 5.92 Å². The summed E-state index contributed by atoms with van der Waals surface area (Å²) in [7, 11) is 0. The van der Waals surface area contributed by atoms with Crippen molar-refractivity contribution in [3.63, 3.8) is 0 Å². The van der Waals surface area contributed by atoms with E-state index < -0.39 is 0 Å². The number of halogens is 1. The average Bonchev–Trinajstić information content (AvgIpc) is 3.23. The van der Waals surface area contributed by atoms with Crippen LogP contribution in [0.15, 0.2) is 30.3 Å². The number of amides is 1. The third kappa shape index (κ3) is 3.71. The highest BCUT2D eigenvalue weighted by Crippen LogP contribution is 2.27. The van der Waals surface area contributed by atoms with Gasteiger partial charge in [-0.05, 0) is 56.5 Å². The second-order valence-corrected chi connectivity index (χ2v) is 5.68. The highest BCUT2D eigenvalue weighted by atomic mass is 19.1. The number of hydrogen-bond acceptors (Lipinski definition) is 3. The van der Waals surface area contributed by atoms with Crippen LogP contribution in [0.25, 0.3) is 5.69 Å². The highest BCUT2D eigenvalue weighted by molar-refractivity contribution is 5.91. The van der Waals surface area contributed by atoms with Crippen LogP contribution < -0.4 is 10.6 Å². The predicted molar refractivity (Wildman–Crippen MR) is 82.5 cm³/mol. The highest BCUT2D eigenvalue weighted by Gasteiger charge is 2.20. The number of carbonyl (C=O) groups excluding carboxylic acids is 1. The van der Waals surface area contributed by atoms with Gasteiger partial charge >= 0.3 is 0 Å². The van der Waals surface area contributed by atoms with Crippen molar-refractivity contribution < 1.29 is 9.18 Å². The Morgan fingerprint density at radius 1 is 1.36 bits per heavy atom. The van der Waals surface area contributed by atoms with Crippen LogP contribution in [0.2, 0.25) is 0 Å². The van der Waals surface area contributed by atoms with Crippen molar-refractivity contribution in [1.29, 1.82) is 0 Å². The molecule has 0 atom stereocenters. The van der Waals surface area contributed by atoms with Crippen LogP contribution in [0.1, 0.15) is 18.5 Å². The zero-order chi connectivity index (χ0) is 15.5. The van der Waals surface area contributed by atoms with E-state index in [2.05, 4.69) is 15.7 Å². The van der Waals surface area contributed by atoms with E-state index >= 15 is 0 Å². The molecule has 6 heteroatoms. The Labute approximate surface area is 128 Å². The van der Waals surface area contributed by atoms with Gasteiger partial charge in [-0.3, -0.25) is 4.79 Å². The second-order valence-electron chi connectivity index (χ2n) is 5.68. The maximum Gasteiger partial charge on any atom is 0.239 e. The van der Waals surface area contributed by atoms with E-state index in [9.17, 15) is 9.18 Å². The van der Waals surface area contributed by atoms with Gasteiger partial charge in [0.2, 0.25) is 5.91 Å². The van der Waals surface area contributed by atoms with Crippen molar-refractivity contribution in [3.8, 4) is 5.69 Å². The van der Waals surface area contributed by atoms with Crippen molar-refractivity contribution in [1.82, 2.24) is 15.1 Å². The first-order valence-corrected chi connectivity index (χ1v) is 7.45. The molecule has 1 aromatic heterocycles. The second kappa shape index (κ2) is 6.27. The number of benzene rings is 1. The van der Waals surface area contributed by atoms with Gasteiger partial charge in [0.1, 0.15) is 11.6 Å². The molecule has 0 aliphatic heterocycles. The summed E-state index contributed by atoms with van der Waals surface area (Å²) >= 11 is 0. The van der Waals surface area contributed by atoms with Gasteiger partial charge in [0, 0.05) is 6.07 Å². The van der Waals surface area contributed by atoms with Crippen LogP contribution in [0.3, 0.4) is 0 Å². The first-order valence-electron chi connectivity index (χ1n) is 7.45. The average molecular weight is 302 g/mol. The molecule has 22 heavy (non-hydrogen) atoms. The molecule has 0 unspecified atom stereocenters. The number of anilines is 1. The number of carbonyl (C=O) groups is 1. The zero-order valence-electron chi connectivity index (χ0n) is 12.5. The van der Waals surface area contributed by atoms with Crippen molar-refractivity contribution in [2.45, 2.75) is 19.8 Å². The molecule has 1 fully saturated rings. The molecule has 2 aromatic rings. The summed E-state index contributed by atoms with van der Waals surface area (Å²) in [6.07, 6.45) is 2.51. The Morgan fingerprint density at radius 3 is 2.77 bits per heavy atom. The Bertz CT molecular complexity index is 661. The third-order valence-electron chi connectivity index (χ3n) is 3.59. The quantitative estimate of drug-likeness (QED) is 0.860. The van der Waals surface area contributed by atoms with Gasteiger partial charge in [-0.25, -0.2) is 9.07 Å². The van der Waals surface area contributed by atoms with E-state index in [4.69, 9.17) is 0 Å². The van der Waals surface area contributed by atoms with E-state index in [-0.39, 0.29) is 18.3 Å². The molecule has 0 radical (unpaired) electrons. The summed E-state index contributed by atoms with van der Waals surface area (Å²) in [5.41, 5.74) is 1.49. The number of nitrogens with zero attached hydrogens (tertiary/aromatic N) is 2. The number of aromatic nitrogens is 2. The van der Waals surface area contributed by atoms with Crippen molar-refractivity contribution in [3.05, 3.63) is 41.8 Å². The molecular formula is C16H19FN4O. The van der Waals surface area contributed by atoms with Gasteiger partial charge in [-0.2, -0.15) is 5.10 Å². The van der Waals surface area contributed by atoms with E-state index in [0.29, 0.717) is 11.5 Å². The molecule has 1 aliphatic rings. The smallest absolute Gasteiger partial charge is 0.239 e. The fourth-order valence-electron chi connectivity index (χ4n) is 2.27. The molecule has 1 aliphatic carbocycles. The molecule has 0 spiro atoms. The van der Waals surface area contributed by atoms with E-state index in [1.165, 1.54) is 25.0 Å². The molecule has 2 N–H and O–H groups in total. The Balaban J connectivity index is 1.67. The topological polar surface area (TPSA) is 59.0 Å². The SMILES string of the molecule is Cc1cc(NC(=O)CNCC2CC2)n(-c2ccc(F)cc2)n1. The summed E-state index contributed by atoms with van der Waals surface area (Å²) < 4.78 is 14.6. The normalized spacial score (nSPS) is 14.1. The minimum Gasteiger partial charge on any atom is -0.309 e. The summed E-state index contributed by atoms with van der Waals surface area (Å²) in [5.74, 6) is 0.911. The minimum absolute atomic E-state index is 0.107. The monoisotopic (exact) mass is 302 g/mol. The number of rotatable bonds is 6. The van der Waals surface area contributed by atoms with Gasteiger partial charge in [-0.15, -0.1) is 0 Å². The van der Waals surface area contributed by atoms with Gasteiger partial charge < -0.3 is 10.6 Å². The lowest BCUT2D eigenvalue weighted by Crippen LogP contribution is -2.30. The number of nitrogens with one attached hydrogen (secondary N) is 2. The summed E-state index contributed by atoms with van der Waals surface area (Å²) in [5, 5.41) is 10.3. The van der Waals surface area contributed by atoms with E-state index in [1.54, 1.807) is 22.9 Å². The molecule has 1 heterocycles. The molecule has 3 rings (SSSR count). The first-order chi connectivity index (χ1) is 10.6. The molecule has 116 valence electrons. The van der Waals surface area contributed by atoms with E-state index in [1.807, 2.05) is 6.92 Å². The molecule has 5 nitrogen and oxygen atoms in total. The van der Waals surface area contributed by atoms with Gasteiger partial charge in [0.15, 0.2) is 0 Å². The van der Waals surface area contributed by atoms with Crippen LogP contribution in [0, 0.1) is 18.7 Å². The van der Waals surface area contributed by atoms with Crippen LogP contribution >= 0.6 is 0 Å². The minimum atomic E-state index is -0.303. The number of aryl methyl sites for hydroxylation is 1. The van der Waals surface area contributed by atoms with Crippen molar-refractivity contribution >= 4 is 11.7 Å². The summed E-state index contributed by atoms with van der Waals surface area (Å²) in [6, 6.07) is 7.79. The number of hydrogen-bond donors (Lipinski definition) is 2. The van der Waals surface area contributed by atoms with Crippen molar-refractivity contribution in [2.75, 3.05) is 18.4 Å². The summed E-state index contributed by atoms with van der Waals surface area (Å²) in [4.78, 5) is 12.0. The zero-order valence-corrected chi connectivity index (χ0v) is 12.5. The molecule has 1 amide bonds. The molecule has 0 saturated heterocycles. The maximum atomic E-state index is 13.0. The standard InChI is InChI=1S/C16H19FN4O/c1-11-8-15(19-16(22)10-18-9-12-2-3-12)21(20-11)14-6-4-13(17)5-7-14/h4-8,12,18H,2-3,9-10H2,1H3,(H,19,22). The lowest BCUT2D eigenvalue weighted by Gasteiger charge is -2.09. The van der Waals surface area contributed by atoms with Gasteiger partial charge in [-0.1, -0.05) is 0 Å². The maximum absolute atomic E-state index is 13.0. The fraction of sp³-hybridized carbons (Fsp3) is 0.375. The van der Waals surface area contributed by atoms with Gasteiger partial charge in [0.05, 0.1) is 17.9 Å². The Morgan fingerprint density at radius 2 is 2.09 bits per heavy atom. The van der Waals surface area contributed by atoms with Crippen LogP contribution in [-0.4, -0.2) is 28.8 Å². The van der Waals surface area contributed by atoms with Gasteiger partial charge in [0.25, 0.3) is 0 Å². The largest absolute Gasteiger partial charge is 0.309 e. The fourth-order valence-corrected chi connectivity index (χ4v) is 2.27. The van der Waals surface area contributed by atoms with Crippen LogP contribution in [0.4, 0.5) is 10.2 Å². The first kappa shape index (κ1) is 14.7. The van der Waals surface area contributed by atoms with Crippen LogP contribution in [0.5, 0.6) is 0 Å².